The molecule has 1 aromatic heterocycles. The van der Waals surface area contributed by atoms with E-state index in [2.05, 4.69) is 91.5 Å². The highest BCUT2D eigenvalue weighted by Crippen LogP contribution is 2.33. The first kappa shape index (κ1) is 40.2. The molecule has 0 bridgehead atoms. The first-order chi connectivity index (χ1) is 19.3. The summed E-state index contributed by atoms with van der Waals surface area (Å²) in [6, 6.07) is 0. The van der Waals surface area contributed by atoms with Crippen LogP contribution in [0.15, 0.2) is 40.7 Å². The number of aromatic nitrogens is 1. The van der Waals surface area contributed by atoms with E-state index in [9.17, 15) is 4.79 Å². The van der Waals surface area contributed by atoms with E-state index in [0.29, 0.717) is 5.92 Å². The molecule has 0 N–H and O–H groups in total. The third-order valence-corrected chi connectivity index (χ3v) is 7.24. The van der Waals surface area contributed by atoms with Crippen molar-refractivity contribution in [1.29, 1.82) is 0 Å². The molecule has 0 amide bonds. The van der Waals surface area contributed by atoms with Crippen LogP contribution < -0.4 is 0 Å². The summed E-state index contributed by atoms with van der Waals surface area (Å²) in [5, 5.41) is 1.32. The summed E-state index contributed by atoms with van der Waals surface area (Å²) in [6.07, 6.45) is 26.9. The van der Waals surface area contributed by atoms with Crippen molar-refractivity contribution in [2.45, 2.75) is 107 Å². The maximum absolute atomic E-state index is 12.0. The molecule has 0 aromatic carbocycles. The topological polar surface area (TPSA) is 36.4 Å². The van der Waals surface area contributed by atoms with Crippen LogP contribution in [0.3, 0.4) is 0 Å². The molecule has 226 valence electrons. The van der Waals surface area contributed by atoms with Crippen molar-refractivity contribution in [1.82, 2.24) is 14.8 Å². The second-order valence-corrected chi connectivity index (χ2v) is 11.6. The van der Waals surface area contributed by atoms with E-state index < -0.39 is 0 Å². The Morgan fingerprint density at radius 3 is 2.20 bits per heavy atom. The van der Waals surface area contributed by atoms with Gasteiger partial charge in [0.1, 0.15) is 0 Å². The zero-order valence-electron chi connectivity index (χ0n) is 26.8. The van der Waals surface area contributed by atoms with E-state index in [4.69, 9.17) is 4.98 Å². The van der Waals surface area contributed by atoms with Crippen LogP contribution in [-0.2, 0) is 11.2 Å². The lowest BCUT2D eigenvalue weighted by atomic mass is 9.97. The molecule has 6 heteroatoms. The number of hydrogen-bond donors (Lipinski definition) is 0. The second kappa shape index (κ2) is 26.0. The molecule has 2 heterocycles. The number of piperidine rings is 1. The molecule has 1 aromatic rings. The maximum Gasteiger partial charge on any atom is 0.161 e. The largest absolute Gasteiger partial charge is 0.353 e. The molecule has 2 rings (SSSR count). The Balaban J connectivity index is 0. The van der Waals surface area contributed by atoms with E-state index in [-0.39, 0.29) is 5.78 Å². The van der Waals surface area contributed by atoms with Gasteiger partial charge in [0.05, 0.1) is 15.6 Å². The molecule has 1 saturated heterocycles. The number of Topliss-reactive ketones (excluding diaryl/α,β-unsaturated/α-hetero) is 1. The van der Waals surface area contributed by atoms with E-state index in [1.54, 1.807) is 6.92 Å². The molecule has 1 aliphatic rings. The molecule has 1 aliphatic heterocycles. The molecule has 0 atom stereocenters. The van der Waals surface area contributed by atoms with Crippen molar-refractivity contribution in [3.8, 4) is 12.8 Å². The fraction of sp³-hybridized carbons (Fsp3) is 0.588. The lowest BCUT2D eigenvalue weighted by Gasteiger charge is -2.31. The van der Waals surface area contributed by atoms with Crippen molar-refractivity contribution in [2.75, 3.05) is 26.2 Å². The number of thiazole rings is 1. The van der Waals surface area contributed by atoms with Crippen LogP contribution >= 0.6 is 27.3 Å². The molecule has 0 spiro atoms. The Morgan fingerprint density at radius 2 is 1.73 bits per heavy atom. The summed E-state index contributed by atoms with van der Waals surface area (Å²) in [5.74, 6) is 0.691. The highest BCUT2D eigenvalue weighted by atomic mass is 79.9. The average Bonchev–Trinajstić information content (AvgIpc) is 3.36. The summed E-state index contributed by atoms with van der Waals surface area (Å²) >= 11 is 5.42. The third-order valence-electron chi connectivity index (χ3n) is 5.81. The number of aryl methyl sites for hydroxylation is 1. The smallest absolute Gasteiger partial charge is 0.161 e. The Morgan fingerprint density at radius 1 is 1.12 bits per heavy atom. The predicted octanol–water partition coefficient (Wildman–Crippen LogP) is 10.00. The normalized spacial score (nSPS) is 14.6. The first-order valence-electron chi connectivity index (χ1n) is 15.0. The van der Waals surface area contributed by atoms with Gasteiger partial charge in [0.15, 0.2) is 5.78 Å². The Kier molecular flexibility index (Phi) is 26.1. The monoisotopic (exact) mass is 633 g/mol. The van der Waals surface area contributed by atoms with Crippen LogP contribution in [0.25, 0.3) is 6.08 Å². The van der Waals surface area contributed by atoms with Gasteiger partial charge in [-0.2, -0.15) is 0 Å². The van der Waals surface area contributed by atoms with E-state index >= 15 is 0 Å². The molecule has 0 saturated carbocycles. The SMILES string of the molecule is C#C.C/C=C\c1sc(C2CCN(CCCN(/C=C(/C)Br)/C=C(\C=C\CC)C(C)=O)CC2)nc1CC.CC.CCC. The number of ketones is 1. The fourth-order valence-corrected chi connectivity index (χ4v) is 5.60. The van der Waals surface area contributed by atoms with Crippen LogP contribution in [0.2, 0.25) is 0 Å². The summed E-state index contributed by atoms with van der Waals surface area (Å²) in [7, 11) is 0. The first-order valence-corrected chi connectivity index (χ1v) is 16.6. The Bertz CT molecular complexity index is 930. The van der Waals surface area contributed by atoms with Gasteiger partial charge in [0, 0.05) is 34.9 Å². The lowest BCUT2D eigenvalue weighted by molar-refractivity contribution is -0.113. The van der Waals surface area contributed by atoms with Crippen molar-refractivity contribution >= 4 is 39.1 Å². The number of hydrogen-bond acceptors (Lipinski definition) is 5. The van der Waals surface area contributed by atoms with Crippen molar-refractivity contribution in [3.05, 3.63) is 56.3 Å². The molecule has 0 radical (unpaired) electrons. The van der Waals surface area contributed by atoms with E-state index in [0.717, 1.165) is 55.5 Å². The van der Waals surface area contributed by atoms with E-state index in [1.165, 1.54) is 34.8 Å². The minimum Gasteiger partial charge on any atom is -0.353 e. The van der Waals surface area contributed by atoms with Crippen LogP contribution in [0.4, 0.5) is 0 Å². The third kappa shape index (κ3) is 17.0. The number of nitrogens with zero attached hydrogens (tertiary/aromatic N) is 3. The lowest BCUT2D eigenvalue weighted by Crippen LogP contribution is -2.34. The zero-order chi connectivity index (χ0) is 30.9. The van der Waals surface area contributed by atoms with E-state index in [1.807, 2.05) is 50.5 Å². The van der Waals surface area contributed by atoms with Crippen LogP contribution in [0.5, 0.6) is 0 Å². The van der Waals surface area contributed by atoms with Gasteiger partial charge in [-0.15, -0.1) is 24.2 Å². The summed E-state index contributed by atoms with van der Waals surface area (Å²) < 4.78 is 1.05. The summed E-state index contributed by atoms with van der Waals surface area (Å²) in [6.45, 7) is 22.5. The predicted molar refractivity (Wildman–Crippen MR) is 184 cm³/mol. The number of carbonyl (C=O) groups is 1. The summed E-state index contributed by atoms with van der Waals surface area (Å²) in [4.78, 5) is 23.0. The molecule has 0 unspecified atom stereocenters. The number of allylic oxidation sites excluding steroid dienone is 5. The minimum atomic E-state index is 0.0957. The van der Waals surface area contributed by atoms with Gasteiger partial charge in [0.25, 0.3) is 0 Å². The van der Waals surface area contributed by atoms with Crippen molar-refractivity contribution < 1.29 is 4.79 Å². The van der Waals surface area contributed by atoms with Crippen molar-refractivity contribution in [2.24, 2.45) is 0 Å². The van der Waals surface area contributed by atoms with Gasteiger partial charge in [-0.3, -0.25) is 4.79 Å². The number of likely N-dealkylation sites (tertiary alicyclic amines) is 1. The second-order valence-electron chi connectivity index (χ2n) is 9.30. The van der Waals surface area contributed by atoms with Gasteiger partial charge in [-0.1, -0.05) is 82.1 Å². The van der Waals surface area contributed by atoms with Crippen molar-refractivity contribution in [3.63, 3.8) is 0 Å². The number of halogens is 1. The number of terminal acetylenes is 1. The highest BCUT2D eigenvalue weighted by Gasteiger charge is 2.23. The molecule has 40 heavy (non-hydrogen) atoms. The molecule has 0 aliphatic carbocycles. The zero-order valence-corrected chi connectivity index (χ0v) is 29.2. The molecular formula is C34H56BrN3OS. The van der Waals surface area contributed by atoms with Crippen LogP contribution in [-0.4, -0.2) is 46.7 Å². The van der Waals surface area contributed by atoms with Gasteiger partial charge < -0.3 is 9.80 Å². The van der Waals surface area contributed by atoms with Gasteiger partial charge >= 0.3 is 0 Å². The fourth-order valence-electron chi connectivity index (χ4n) is 4.04. The molecule has 1 fully saturated rings. The number of rotatable bonds is 12. The average molecular weight is 635 g/mol. The number of carbonyl (C=O) groups excluding carboxylic acids is 1. The maximum atomic E-state index is 12.0. The van der Waals surface area contributed by atoms with Crippen LogP contribution in [0.1, 0.15) is 116 Å². The van der Waals surface area contributed by atoms with Gasteiger partial charge in [-0.05, 0) is 78.6 Å². The quantitative estimate of drug-likeness (QED) is 0.130. The van der Waals surface area contributed by atoms with Gasteiger partial charge in [-0.25, -0.2) is 4.98 Å². The minimum absolute atomic E-state index is 0.0957. The Labute approximate surface area is 259 Å². The molecule has 4 nitrogen and oxygen atoms in total. The Hall–Kier alpha value is -1.94. The van der Waals surface area contributed by atoms with Crippen LogP contribution in [0, 0.1) is 12.8 Å². The molecular weight excluding hydrogens is 578 g/mol. The van der Waals surface area contributed by atoms with Gasteiger partial charge in [0.2, 0.25) is 0 Å². The summed E-state index contributed by atoms with van der Waals surface area (Å²) in [5.41, 5.74) is 1.99. The standard InChI is InChI=1S/C27H40BrN3OS.C3H8.C2H6.C2H2/c1-6-9-12-24(22(5)32)20-31(19-21(4)28)16-10-15-30-17-13-23(14-18-30)27-29-25(8-3)26(33-27)11-7-2;1-3-2;2*1-2/h7,9,11-12,19-20,23H,6,8,10,13-18H2,1-5H3;3H2,1-2H3;1-2H3;1-2H/b11-7-,12-9+,21-19-,24-20+;;;. The highest BCUT2D eigenvalue weighted by molar-refractivity contribution is 9.11.